The Kier molecular flexibility index (Phi) is 4.69. The van der Waals surface area contributed by atoms with E-state index in [0.29, 0.717) is 42.1 Å². The van der Waals surface area contributed by atoms with E-state index in [-0.39, 0.29) is 17.0 Å². The zero-order valence-corrected chi connectivity index (χ0v) is 17.0. The number of aromatic carboxylic acids is 1. The Bertz CT molecular complexity index is 1060. The number of rotatable bonds is 5. The zero-order chi connectivity index (χ0) is 21.0. The van der Waals surface area contributed by atoms with Crippen LogP contribution in [-0.4, -0.2) is 47.9 Å². The molecule has 160 valence electrons. The number of pyridine rings is 1. The number of ether oxygens (including phenoxy) is 1. The molecule has 2 N–H and O–H groups in total. The van der Waals surface area contributed by atoms with Gasteiger partial charge in [-0.15, -0.1) is 0 Å². The topological polar surface area (TPSA) is 83.8 Å². The predicted molar refractivity (Wildman–Crippen MR) is 111 cm³/mol. The number of anilines is 1. The molecule has 0 amide bonds. The second kappa shape index (κ2) is 7.27. The van der Waals surface area contributed by atoms with Gasteiger partial charge in [-0.3, -0.25) is 4.79 Å². The summed E-state index contributed by atoms with van der Waals surface area (Å²) >= 11 is 0. The first-order valence-corrected chi connectivity index (χ1v) is 10.7. The molecule has 2 aliphatic heterocycles. The van der Waals surface area contributed by atoms with Crippen molar-refractivity contribution in [3.63, 3.8) is 0 Å². The lowest BCUT2D eigenvalue weighted by molar-refractivity contribution is 0.0694. The lowest BCUT2D eigenvalue weighted by Gasteiger charge is -2.25. The Morgan fingerprint density at radius 3 is 2.80 bits per heavy atom. The Hall–Kier alpha value is -2.61. The van der Waals surface area contributed by atoms with Crippen molar-refractivity contribution in [2.24, 2.45) is 5.92 Å². The molecule has 3 aliphatic rings. The number of halogens is 1. The molecule has 0 radical (unpaired) electrons. The van der Waals surface area contributed by atoms with E-state index in [1.165, 1.54) is 12.3 Å². The molecule has 0 bridgehead atoms. The summed E-state index contributed by atoms with van der Waals surface area (Å²) in [6, 6.07) is 1.63. The van der Waals surface area contributed by atoms with E-state index < -0.39 is 17.2 Å². The van der Waals surface area contributed by atoms with Crippen LogP contribution in [0.25, 0.3) is 10.9 Å². The minimum atomic E-state index is -1.30. The Morgan fingerprint density at radius 1 is 1.33 bits per heavy atom. The zero-order valence-electron chi connectivity index (χ0n) is 17.0. The van der Waals surface area contributed by atoms with Crippen LogP contribution in [0.1, 0.15) is 49.0 Å². The van der Waals surface area contributed by atoms with Crippen LogP contribution in [0.3, 0.4) is 0 Å². The summed E-state index contributed by atoms with van der Waals surface area (Å²) in [6.07, 6.45) is 5.43. The van der Waals surface area contributed by atoms with E-state index >= 15 is 4.39 Å². The third kappa shape index (κ3) is 3.05. The largest absolute Gasteiger partial charge is 0.489 e. The number of hydrogen-bond donors (Lipinski definition) is 2. The lowest BCUT2D eigenvalue weighted by Crippen LogP contribution is -2.40. The molecule has 5 rings (SSSR count). The third-order valence-corrected chi connectivity index (χ3v) is 6.57. The summed E-state index contributed by atoms with van der Waals surface area (Å²) in [5.74, 6) is -1.02. The average molecular weight is 415 g/mol. The van der Waals surface area contributed by atoms with E-state index in [1.807, 2.05) is 16.4 Å². The fourth-order valence-corrected chi connectivity index (χ4v) is 5.04. The first kappa shape index (κ1) is 19.4. The van der Waals surface area contributed by atoms with Crippen molar-refractivity contribution in [2.75, 3.05) is 31.1 Å². The summed E-state index contributed by atoms with van der Waals surface area (Å²) in [5.41, 5.74) is -0.107. The molecule has 2 saturated heterocycles. The van der Waals surface area contributed by atoms with E-state index in [1.54, 1.807) is 0 Å². The molecule has 1 aromatic heterocycles. The Balaban J connectivity index is 1.74. The minimum Gasteiger partial charge on any atom is -0.489 e. The van der Waals surface area contributed by atoms with Gasteiger partial charge in [-0.1, -0.05) is 0 Å². The number of carboxylic acids is 1. The standard InChI is InChI=1S/C22H26FN3O4/c1-2-30-21-18-14(20(27)15(22(28)29)10-26(18)13-5-6-13)8-16(23)19(21)25-9-12-4-3-7-24-17(12)11-25/h8,10,12-13,17,24H,2-7,9,11H2,1H3,(H,28,29)/t12-,17-/m1/s1. The van der Waals surface area contributed by atoms with Gasteiger partial charge in [0, 0.05) is 31.4 Å². The van der Waals surface area contributed by atoms with Gasteiger partial charge in [-0.05, 0) is 51.1 Å². The second-order valence-electron chi connectivity index (χ2n) is 8.55. The van der Waals surface area contributed by atoms with Crippen LogP contribution in [0.2, 0.25) is 0 Å². The van der Waals surface area contributed by atoms with Gasteiger partial charge in [-0.2, -0.15) is 0 Å². The fraction of sp³-hybridized carbons (Fsp3) is 0.545. The van der Waals surface area contributed by atoms with Crippen molar-refractivity contribution in [2.45, 2.75) is 44.7 Å². The van der Waals surface area contributed by atoms with Crippen LogP contribution in [-0.2, 0) is 0 Å². The highest BCUT2D eigenvalue weighted by Gasteiger charge is 2.38. The number of nitrogens with zero attached hydrogens (tertiary/aromatic N) is 2. The Labute approximate surface area is 173 Å². The van der Waals surface area contributed by atoms with E-state index in [0.717, 1.165) is 38.8 Å². The van der Waals surface area contributed by atoms with Gasteiger partial charge in [0.1, 0.15) is 11.3 Å². The molecule has 1 aromatic carbocycles. The predicted octanol–water partition coefficient (Wildman–Crippen LogP) is 2.76. The lowest BCUT2D eigenvalue weighted by atomic mass is 9.94. The third-order valence-electron chi connectivity index (χ3n) is 6.57. The molecule has 1 aliphatic carbocycles. The number of piperidine rings is 1. The molecule has 0 spiro atoms. The molecule has 2 aromatic rings. The summed E-state index contributed by atoms with van der Waals surface area (Å²) < 4.78 is 23.2. The highest BCUT2D eigenvalue weighted by Crippen LogP contribution is 2.45. The number of carboxylic acid groups (broad SMARTS) is 1. The average Bonchev–Trinajstić information content (AvgIpc) is 3.47. The quantitative estimate of drug-likeness (QED) is 0.781. The molecule has 7 nitrogen and oxygen atoms in total. The van der Waals surface area contributed by atoms with Gasteiger partial charge in [-0.25, -0.2) is 9.18 Å². The molecule has 0 unspecified atom stereocenters. The maximum atomic E-state index is 15.5. The smallest absolute Gasteiger partial charge is 0.341 e. The van der Waals surface area contributed by atoms with E-state index in [4.69, 9.17) is 4.74 Å². The number of hydrogen-bond acceptors (Lipinski definition) is 5. The molecule has 1 saturated carbocycles. The highest BCUT2D eigenvalue weighted by atomic mass is 19.1. The van der Waals surface area contributed by atoms with Crippen molar-refractivity contribution in [3.05, 3.63) is 33.9 Å². The van der Waals surface area contributed by atoms with Gasteiger partial charge in [0.05, 0.1) is 17.5 Å². The second-order valence-corrected chi connectivity index (χ2v) is 8.55. The molecular formula is C22H26FN3O4. The Morgan fingerprint density at radius 2 is 2.13 bits per heavy atom. The van der Waals surface area contributed by atoms with E-state index in [2.05, 4.69) is 5.32 Å². The summed E-state index contributed by atoms with van der Waals surface area (Å²) in [7, 11) is 0. The van der Waals surface area contributed by atoms with Crippen LogP contribution in [0.4, 0.5) is 10.1 Å². The fourth-order valence-electron chi connectivity index (χ4n) is 5.04. The number of aromatic nitrogens is 1. The molecule has 3 heterocycles. The summed E-state index contributed by atoms with van der Waals surface area (Å²) in [5, 5.41) is 13.1. The SMILES string of the molecule is CCOc1c(N2C[C@H]3CCCN[C@@H]3C2)c(F)cc2c(=O)c(C(=O)O)cn(C3CC3)c12. The normalized spacial score (nSPS) is 23.6. The highest BCUT2D eigenvalue weighted by molar-refractivity contribution is 5.97. The van der Waals surface area contributed by atoms with Crippen LogP contribution < -0.4 is 20.4 Å². The number of nitrogens with one attached hydrogen (secondary N) is 1. The van der Waals surface area contributed by atoms with Crippen LogP contribution in [0.15, 0.2) is 17.1 Å². The molecular weight excluding hydrogens is 389 g/mol. The summed E-state index contributed by atoms with van der Waals surface area (Å²) in [6.45, 7) is 4.56. The van der Waals surface area contributed by atoms with Gasteiger partial charge in [0.25, 0.3) is 0 Å². The van der Waals surface area contributed by atoms with Gasteiger partial charge < -0.3 is 24.6 Å². The monoisotopic (exact) mass is 415 g/mol. The van der Waals surface area contributed by atoms with Gasteiger partial charge in [0.2, 0.25) is 5.43 Å². The van der Waals surface area contributed by atoms with E-state index in [9.17, 15) is 14.7 Å². The van der Waals surface area contributed by atoms with Crippen molar-refractivity contribution in [1.29, 1.82) is 0 Å². The first-order chi connectivity index (χ1) is 14.5. The van der Waals surface area contributed by atoms with Crippen molar-refractivity contribution in [1.82, 2.24) is 9.88 Å². The van der Waals surface area contributed by atoms with Crippen LogP contribution in [0.5, 0.6) is 5.75 Å². The molecule has 2 atom stereocenters. The van der Waals surface area contributed by atoms with Crippen LogP contribution in [0, 0.1) is 11.7 Å². The van der Waals surface area contributed by atoms with Crippen LogP contribution >= 0.6 is 0 Å². The maximum Gasteiger partial charge on any atom is 0.341 e. The van der Waals surface area contributed by atoms with Crippen molar-refractivity contribution < 1.29 is 19.0 Å². The number of benzene rings is 1. The van der Waals surface area contributed by atoms with Crippen molar-refractivity contribution >= 4 is 22.6 Å². The van der Waals surface area contributed by atoms with Gasteiger partial charge in [0.15, 0.2) is 11.6 Å². The maximum absolute atomic E-state index is 15.5. The number of fused-ring (bicyclic) bond motifs is 2. The minimum absolute atomic E-state index is 0.0706. The summed E-state index contributed by atoms with van der Waals surface area (Å²) in [4.78, 5) is 26.5. The van der Waals surface area contributed by atoms with Gasteiger partial charge >= 0.3 is 5.97 Å². The van der Waals surface area contributed by atoms with Crippen molar-refractivity contribution in [3.8, 4) is 5.75 Å². The molecule has 8 heteroatoms. The number of carbonyl (C=O) groups is 1. The first-order valence-electron chi connectivity index (χ1n) is 10.7. The molecule has 30 heavy (non-hydrogen) atoms. The molecule has 3 fully saturated rings.